The number of likely N-dealkylation sites (tertiary alicyclic amines) is 1. The summed E-state index contributed by atoms with van der Waals surface area (Å²) in [6.45, 7) is 2.44. The molecule has 0 aromatic carbocycles. The molecule has 0 aliphatic carbocycles. The van der Waals surface area contributed by atoms with Gasteiger partial charge in [0, 0.05) is 19.4 Å². The highest BCUT2D eigenvalue weighted by Crippen LogP contribution is 2.20. The van der Waals surface area contributed by atoms with Crippen LogP contribution in [0, 0.1) is 0 Å². The fourth-order valence-corrected chi connectivity index (χ4v) is 4.82. The van der Waals surface area contributed by atoms with E-state index in [1.54, 1.807) is 0 Å². The number of nitrogens with zero attached hydrogens (tertiary/aromatic N) is 1. The van der Waals surface area contributed by atoms with Crippen LogP contribution in [0.15, 0.2) is 0 Å². The van der Waals surface area contributed by atoms with Gasteiger partial charge in [0.1, 0.15) is 6.04 Å². The Kier molecular flexibility index (Phi) is 17.5. The molecule has 0 aromatic heterocycles. The van der Waals surface area contributed by atoms with E-state index in [9.17, 15) is 19.8 Å². The molecule has 2 N–H and O–H groups in total. The van der Waals surface area contributed by atoms with Crippen molar-refractivity contribution < 1.29 is 19.8 Å². The van der Waals surface area contributed by atoms with Crippen LogP contribution >= 0.6 is 0 Å². The third-order valence-corrected chi connectivity index (χ3v) is 6.88. The monoisotopic (exact) mass is 453 g/mol. The maximum atomic E-state index is 12.2. The molecule has 0 aromatic rings. The molecule has 0 bridgehead atoms. The number of carboxylic acid groups (broad SMARTS) is 1. The maximum absolute atomic E-state index is 12.2. The molecule has 0 spiro atoms. The normalized spacial score (nSPS) is 18.4. The first-order chi connectivity index (χ1) is 15.6. The lowest BCUT2D eigenvalue weighted by Crippen LogP contribution is -2.40. The highest BCUT2D eigenvalue weighted by atomic mass is 16.4. The average Bonchev–Trinajstić information content (AvgIpc) is 3.17. The Bertz CT molecular complexity index is 482. The fourth-order valence-electron chi connectivity index (χ4n) is 4.82. The molecular formula is C27H51NO4. The Morgan fingerprint density at radius 1 is 0.688 bits per heavy atom. The number of carbonyl (C=O) groups is 2. The largest absolute Gasteiger partial charge is 0.480 e. The van der Waals surface area contributed by atoms with Gasteiger partial charge in [-0.2, -0.15) is 0 Å². The van der Waals surface area contributed by atoms with Crippen molar-refractivity contribution in [3.63, 3.8) is 0 Å². The fraction of sp³-hybridized carbons (Fsp3) is 0.926. The summed E-state index contributed by atoms with van der Waals surface area (Å²) in [5, 5.41) is 18.8. The Labute approximate surface area is 197 Å². The van der Waals surface area contributed by atoms with Gasteiger partial charge < -0.3 is 15.1 Å². The molecule has 1 amide bonds. The van der Waals surface area contributed by atoms with Gasteiger partial charge in [-0.3, -0.25) is 4.79 Å². The van der Waals surface area contributed by atoms with Crippen molar-refractivity contribution in [3.8, 4) is 0 Å². The maximum Gasteiger partial charge on any atom is 0.326 e. The van der Waals surface area contributed by atoms with Crippen LogP contribution in [0.2, 0.25) is 0 Å². The second-order valence-corrected chi connectivity index (χ2v) is 9.90. The summed E-state index contributed by atoms with van der Waals surface area (Å²) in [4.78, 5) is 24.8. The van der Waals surface area contributed by atoms with E-state index in [4.69, 9.17) is 0 Å². The van der Waals surface area contributed by atoms with E-state index in [2.05, 4.69) is 6.92 Å². The van der Waals surface area contributed by atoms with Gasteiger partial charge in [-0.25, -0.2) is 4.79 Å². The molecule has 2 atom stereocenters. The summed E-state index contributed by atoms with van der Waals surface area (Å²) in [5.74, 6) is -1.14. The molecule has 1 rings (SSSR count). The third kappa shape index (κ3) is 14.1. The summed E-state index contributed by atoms with van der Waals surface area (Å²) in [6.07, 6.45) is 24.9. The molecule has 1 saturated heterocycles. The lowest BCUT2D eigenvalue weighted by Gasteiger charge is -2.21. The molecule has 5 heteroatoms. The van der Waals surface area contributed by atoms with Gasteiger partial charge in [0.15, 0.2) is 0 Å². The summed E-state index contributed by atoms with van der Waals surface area (Å²) in [5.41, 5.74) is 0. The minimum absolute atomic E-state index is 0.124. The molecule has 2 unspecified atom stereocenters. The van der Waals surface area contributed by atoms with Gasteiger partial charge in [-0.15, -0.1) is 0 Å². The molecule has 32 heavy (non-hydrogen) atoms. The summed E-state index contributed by atoms with van der Waals surface area (Å²) in [6, 6.07) is -0.849. The zero-order valence-corrected chi connectivity index (χ0v) is 20.9. The Balaban J connectivity index is 1.81. The molecule has 188 valence electrons. The number of rotatable bonds is 21. The van der Waals surface area contributed by atoms with E-state index in [0.29, 0.717) is 6.42 Å². The SMILES string of the molecule is CCCCCCCCCCCCCCCCCCCCCC(=O)N1CC(O)CC1C(=O)O. The predicted octanol–water partition coefficient (Wildman–Crippen LogP) is 6.85. The number of β-amino-alcohol motifs (C(OH)–C–C–N with tert-alkyl or cyclic N) is 1. The zero-order valence-electron chi connectivity index (χ0n) is 20.9. The lowest BCUT2D eigenvalue weighted by atomic mass is 10.0. The van der Waals surface area contributed by atoms with Crippen LogP contribution in [0.1, 0.15) is 142 Å². The molecule has 1 aliphatic rings. The van der Waals surface area contributed by atoms with Crippen molar-refractivity contribution in [3.05, 3.63) is 0 Å². The van der Waals surface area contributed by atoms with Crippen LogP contribution in [0.3, 0.4) is 0 Å². The first-order valence-corrected chi connectivity index (χ1v) is 13.8. The van der Waals surface area contributed by atoms with Gasteiger partial charge in [0.05, 0.1) is 6.10 Å². The molecule has 1 fully saturated rings. The van der Waals surface area contributed by atoms with Crippen molar-refractivity contribution in [1.29, 1.82) is 0 Å². The van der Waals surface area contributed by atoms with E-state index < -0.39 is 18.1 Å². The Morgan fingerprint density at radius 3 is 1.44 bits per heavy atom. The zero-order chi connectivity index (χ0) is 23.4. The van der Waals surface area contributed by atoms with E-state index in [1.165, 1.54) is 108 Å². The smallest absolute Gasteiger partial charge is 0.326 e. The van der Waals surface area contributed by atoms with Crippen molar-refractivity contribution in [1.82, 2.24) is 4.90 Å². The van der Waals surface area contributed by atoms with Crippen molar-refractivity contribution in [2.45, 2.75) is 154 Å². The Morgan fingerprint density at radius 2 is 1.06 bits per heavy atom. The Hall–Kier alpha value is -1.10. The molecule has 1 aliphatic heterocycles. The minimum Gasteiger partial charge on any atom is -0.480 e. The number of amides is 1. The first-order valence-electron chi connectivity index (χ1n) is 13.8. The highest BCUT2D eigenvalue weighted by Gasteiger charge is 2.38. The number of carbonyl (C=O) groups excluding carboxylic acids is 1. The molecule has 1 heterocycles. The van der Waals surface area contributed by atoms with Gasteiger partial charge in [-0.1, -0.05) is 122 Å². The topological polar surface area (TPSA) is 77.8 Å². The number of hydrogen-bond donors (Lipinski definition) is 2. The van der Waals surface area contributed by atoms with Gasteiger partial charge in [0.2, 0.25) is 5.91 Å². The van der Waals surface area contributed by atoms with Gasteiger partial charge in [0.25, 0.3) is 0 Å². The van der Waals surface area contributed by atoms with E-state index in [0.717, 1.165) is 19.3 Å². The third-order valence-electron chi connectivity index (χ3n) is 6.88. The number of carboxylic acids is 1. The van der Waals surface area contributed by atoms with Crippen LogP contribution in [0.25, 0.3) is 0 Å². The number of aliphatic carboxylic acids is 1. The molecular weight excluding hydrogens is 402 g/mol. The van der Waals surface area contributed by atoms with E-state index in [1.807, 2.05) is 0 Å². The number of aliphatic hydroxyl groups excluding tert-OH is 1. The second kappa shape index (κ2) is 19.4. The summed E-state index contributed by atoms with van der Waals surface area (Å²) in [7, 11) is 0. The molecule has 5 nitrogen and oxygen atoms in total. The molecule has 0 radical (unpaired) electrons. The van der Waals surface area contributed by atoms with Crippen LogP contribution in [-0.2, 0) is 9.59 Å². The van der Waals surface area contributed by atoms with E-state index >= 15 is 0 Å². The lowest BCUT2D eigenvalue weighted by molar-refractivity contribution is -0.148. The minimum atomic E-state index is -1.01. The van der Waals surface area contributed by atoms with Crippen molar-refractivity contribution >= 4 is 11.9 Å². The molecule has 0 saturated carbocycles. The summed E-state index contributed by atoms with van der Waals surface area (Å²) < 4.78 is 0. The van der Waals surface area contributed by atoms with Crippen molar-refractivity contribution in [2.75, 3.05) is 6.54 Å². The van der Waals surface area contributed by atoms with E-state index in [-0.39, 0.29) is 18.9 Å². The standard InChI is InChI=1S/C27H51NO4/c1-2-3-4-5-6-7-8-9-10-11-12-13-14-15-16-17-18-19-20-21-26(30)28-23-24(29)22-25(28)27(31)32/h24-25,29H,2-23H2,1H3,(H,31,32). The summed E-state index contributed by atoms with van der Waals surface area (Å²) >= 11 is 0. The first kappa shape index (κ1) is 28.9. The predicted molar refractivity (Wildman–Crippen MR) is 132 cm³/mol. The van der Waals surface area contributed by atoms with Crippen molar-refractivity contribution in [2.24, 2.45) is 0 Å². The quantitative estimate of drug-likeness (QED) is 0.186. The number of hydrogen-bond acceptors (Lipinski definition) is 3. The number of unbranched alkanes of at least 4 members (excludes halogenated alkanes) is 18. The van der Waals surface area contributed by atoms with Gasteiger partial charge in [-0.05, 0) is 6.42 Å². The van der Waals surface area contributed by atoms with Crippen LogP contribution < -0.4 is 0 Å². The second-order valence-electron chi connectivity index (χ2n) is 9.90. The highest BCUT2D eigenvalue weighted by molar-refractivity contribution is 5.84. The van der Waals surface area contributed by atoms with Crippen LogP contribution in [-0.4, -0.2) is 45.7 Å². The van der Waals surface area contributed by atoms with Crippen LogP contribution in [0.5, 0.6) is 0 Å². The average molecular weight is 454 g/mol. The van der Waals surface area contributed by atoms with Crippen LogP contribution in [0.4, 0.5) is 0 Å². The van der Waals surface area contributed by atoms with Gasteiger partial charge >= 0.3 is 5.97 Å². The number of aliphatic hydroxyl groups is 1.